The van der Waals surface area contributed by atoms with Crippen LogP contribution in [-0.2, 0) is 0 Å². The zero-order valence-electron chi connectivity index (χ0n) is 24.3. The monoisotopic (exact) mass is 558 g/mol. The lowest BCUT2D eigenvalue weighted by Gasteiger charge is -2.38. The van der Waals surface area contributed by atoms with Gasteiger partial charge < -0.3 is 0 Å². The van der Waals surface area contributed by atoms with E-state index in [1.165, 1.54) is 76.8 Å². The van der Waals surface area contributed by atoms with Gasteiger partial charge in [-0.15, -0.1) is 0 Å². The minimum absolute atomic E-state index is 0.183. The summed E-state index contributed by atoms with van der Waals surface area (Å²) in [6.07, 6.45) is 9.24. The van der Waals surface area contributed by atoms with E-state index in [0.717, 1.165) is 0 Å². The molecule has 0 N–H and O–H groups in total. The van der Waals surface area contributed by atoms with Crippen LogP contribution in [-0.4, -0.2) is 0 Å². The minimum Gasteiger partial charge on any atom is -0.0760 e. The maximum atomic E-state index is 2.43. The Morgan fingerprint density at radius 3 is 1.82 bits per heavy atom. The standard InChI is InChI=1S/C44H30/c1-3-17-31-29(14-1)16-13-27-36(31)43-38-23-9-11-25-40(38)44(41-26-12-10-24-39(41)43)37-22-8-7-21-35(37)42-28-30-15-2-4-18-32(30)33-19-5-6-20-34(33)42/h1-28,40,44H. The fourth-order valence-corrected chi connectivity index (χ4v) is 7.84. The highest BCUT2D eigenvalue weighted by molar-refractivity contribution is 6.14. The molecule has 2 atom stereocenters. The summed E-state index contributed by atoms with van der Waals surface area (Å²) < 4.78 is 0. The van der Waals surface area contributed by atoms with Gasteiger partial charge in [0, 0.05) is 11.8 Å². The van der Waals surface area contributed by atoms with Gasteiger partial charge in [0.2, 0.25) is 0 Å². The summed E-state index contributed by atoms with van der Waals surface area (Å²) in [5.74, 6) is 0.402. The Balaban J connectivity index is 1.32. The molecule has 0 radical (unpaired) electrons. The lowest BCUT2D eigenvalue weighted by Crippen LogP contribution is -2.23. The smallest absolute Gasteiger partial charge is 0.0205 e. The van der Waals surface area contributed by atoms with Crippen LogP contribution in [0, 0.1) is 5.92 Å². The molecule has 0 amide bonds. The van der Waals surface area contributed by atoms with E-state index in [1.54, 1.807) is 0 Å². The van der Waals surface area contributed by atoms with Crippen molar-refractivity contribution >= 4 is 37.9 Å². The van der Waals surface area contributed by atoms with Crippen molar-refractivity contribution < 1.29 is 0 Å². The normalized spacial score (nSPS) is 17.3. The lowest BCUT2D eigenvalue weighted by atomic mass is 9.65. The summed E-state index contributed by atoms with van der Waals surface area (Å²) in [5, 5.41) is 7.76. The zero-order valence-corrected chi connectivity index (χ0v) is 24.3. The van der Waals surface area contributed by atoms with Crippen LogP contribution < -0.4 is 0 Å². The second kappa shape index (κ2) is 10.1. The molecule has 44 heavy (non-hydrogen) atoms. The predicted molar refractivity (Wildman–Crippen MR) is 187 cm³/mol. The first kappa shape index (κ1) is 25.1. The molecule has 0 aliphatic heterocycles. The Labute approximate surface area is 257 Å². The van der Waals surface area contributed by atoms with Gasteiger partial charge in [-0.25, -0.2) is 0 Å². The van der Waals surface area contributed by atoms with Crippen LogP contribution in [0.1, 0.15) is 28.2 Å². The van der Waals surface area contributed by atoms with E-state index in [0.29, 0.717) is 0 Å². The molecule has 0 saturated carbocycles. The van der Waals surface area contributed by atoms with Crippen LogP contribution in [0.5, 0.6) is 0 Å². The number of rotatable bonds is 3. The van der Waals surface area contributed by atoms with E-state index >= 15 is 0 Å². The SMILES string of the molecule is C1=CC2=C(c3cccc4ccccc34)c3ccccc3C(c3ccccc3-c3cc4ccccc4c4ccccc34)C2C=C1. The van der Waals surface area contributed by atoms with E-state index < -0.39 is 0 Å². The molecule has 0 bridgehead atoms. The average Bonchev–Trinajstić information content (AvgIpc) is 3.10. The third-order valence-corrected chi connectivity index (χ3v) is 9.69. The Bertz CT molecular complexity index is 2340. The van der Waals surface area contributed by atoms with Gasteiger partial charge in [0.05, 0.1) is 0 Å². The number of fused-ring (bicyclic) bond motifs is 6. The fraction of sp³-hybridized carbons (Fsp3) is 0.0455. The number of allylic oxidation sites excluding steroid dienone is 5. The fourth-order valence-electron chi connectivity index (χ4n) is 7.84. The first-order valence-corrected chi connectivity index (χ1v) is 15.5. The van der Waals surface area contributed by atoms with Crippen molar-refractivity contribution in [3.8, 4) is 11.1 Å². The summed E-state index contributed by atoms with van der Waals surface area (Å²) in [7, 11) is 0. The Morgan fingerprint density at radius 1 is 0.386 bits per heavy atom. The predicted octanol–water partition coefficient (Wildman–Crippen LogP) is 11.5. The van der Waals surface area contributed by atoms with Gasteiger partial charge in [0.25, 0.3) is 0 Å². The maximum absolute atomic E-state index is 2.43. The molecule has 0 saturated heterocycles. The van der Waals surface area contributed by atoms with Gasteiger partial charge >= 0.3 is 0 Å². The largest absolute Gasteiger partial charge is 0.0760 e. The Hall–Kier alpha value is -5.46. The topological polar surface area (TPSA) is 0 Å². The van der Waals surface area contributed by atoms with Crippen molar-refractivity contribution in [2.24, 2.45) is 5.92 Å². The van der Waals surface area contributed by atoms with Gasteiger partial charge in [0.15, 0.2) is 0 Å². The average molecular weight is 559 g/mol. The molecule has 0 heteroatoms. The highest BCUT2D eigenvalue weighted by Crippen LogP contribution is 2.52. The number of hydrogen-bond acceptors (Lipinski definition) is 0. The summed E-state index contributed by atoms with van der Waals surface area (Å²) in [6, 6.07) is 53.8. The van der Waals surface area contributed by atoms with E-state index in [2.05, 4.69) is 170 Å². The first-order chi connectivity index (χ1) is 21.9. The summed E-state index contributed by atoms with van der Waals surface area (Å²) in [4.78, 5) is 0. The molecule has 2 unspecified atom stereocenters. The molecule has 9 rings (SSSR count). The summed E-state index contributed by atoms with van der Waals surface area (Å²) in [5.41, 5.74) is 10.8. The molecule has 0 heterocycles. The van der Waals surface area contributed by atoms with Crippen molar-refractivity contribution in [2.45, 2.75) is 5.92 Å². The highest BCUT2D eigenvalue weighted by Gasteiger charge is 2.36. The van der Waals surface area contributed by atoms with Crippen LogP contribution in [0.25, 0.3) is 49.0 Å². The van der Waals surface area contributed by atoms with Gasteiger partial charge in [-0.05, 0) is 82.9 Å². The van der Waals surface area contributed by atoms with Crippen LogP contribution in [0.4, 0.5) is 0 Å². The first-order valence-electron chi connectivity index (χ1n) is 15.5. The van der Waals surface area contributed by atoms with E-state index in [-0.39, 0.29) is 11.8 Å². The molecular formula is C44H30. The lowest BCUT2D eigenvalue weighted by molar-refractivity contribution is 0.650. The summed E-state index contributed by atoms with van der Waals surface area (Å²) in [6.45, 7) is 0. The maximum Gasteiger partial charge on any atom is 0.0205 e. The molecule has 0 spiro atoms. The molecule has 206 valence electrons. The molecule has 2 aliphatic carbocycles. The minimum atomic E-state index is 0.183. The zero-order chi connectivity index (χ0) is 29.0. The molecule has 7 aromatic carbocycles. The highest BCUT2D eigenvalue weighted by atomic mass is 14.4. The summed E-state index contributed by atoms with van der Waals surface area (Å²) >= 11 is 0. The third kappa shape index (κ3) is 3.78. The molecule has 0 nitrogen and oxygen atoms in total. The van der Waals surface area contributed by atoms with Crippen molar-refractivity contribution in [3.63, 3.8) is 0 Å². The molecule has 0 aromatic heterocycles. The van der Waals surface area contributed by atoms with Gasteiger partial charge in [-0.2, -0.15) is 0 Å². The van der Waals surface area contributed by atoms with Crippen molar-refractivity contribution in [1.82, 2.24) is 0 Å². The quantitative estimate of drug-likeness (QED) is 0.189. The van der Waals surface area contributed by atoms with E-state index in [1.807, 2.05) is 0 Å². The molecule has 7 aromatic rings. The van der Waals surface area contributed by atoms with E-state index in [4.69, 9.17) is 0 Å². The van der Waals surface area contributed by atoms with Crippen LogP contribution in [0.3, 0.4) is 0 Å². The number of benzene rings is 7. The number of hydrogen-bond donors (Lipinski definition) is 0. The van der Waals surface area contributed by atoms with Gasteiger partial charge in [0.1, 0.15) is 0 Å². The third-order valence-electron chi connectivity index (χ3n) is 9.69. The van der Waals surface area contributed by atoms with Crippen LogP contribution in [0.2, 0.25) is 0 Å². The van der Waals surface area contributed by atoms with Gasteiger partial charge in [-0.3, -0.25) is 0 Å². The van der Waals surface area contributed by atoms with Crippen LogP contribution >= 0.6 is 0 Å². The van der Waals surface area contributed by atoms with Crippen molar-refractivity contribution in [2.75, 3.05) is 0 Å². The second-order valence-electron chi connectivity index (χ2n) is 12.0. The Kier molecular flexibility index (Phi) is 5.74. The van der Waals surface area contributed by atoms with Gasteiger partial charge in [-0.1, -0.05) is 164 Å². The second-order valence-corrected chi connectivity index (χ2v) is 12.0. The Morgan fingerprint density at radius 2 is 0.977 bits per heavy atom. The molecule has 0 fully saturated rings. The molecule has 2 aliphatic rings. The van der Waals surface area contributed by atoms with Crippen molar-refractivity contribution in [3.05, 3.63) is 198 Å². The van der Waals surface area contributed by atoms with Crippen LogP contribution in [0.15, 0.2) is 175 Å². The van der Waals surface area contributed by atoms with E-state index in [9.17, 15) is 0 Å². The molecular weight excluding hydrogens is 528 g/mol. The van der Waals surface area contributed by atoms with Crippen molar-refractivity contribution in [1.29, 1.82) is 0 Å².